The average molecular weight is 399 g/mol. The Morgan fingerprint density at radius 1 is 1.21 bits per heavy atom. The zero-order chi connectivity index (χ0) is 21.1. The monoisotopic (exact) mass is 399 g/mol. The molecule has 8 heteroatoms. The van der Waals surface area contributed by atoms with Gasteiger partial charge in [0.25, 0.3) is 5.56 Å². The summed E-state index contributed by atoms with van der Waals surface area (Å²) in [6, 6.07) is 10.4. The molecular formula is C21H22FN3O4. The van der Waals surface area contributed by atoms with Gasteiger partial charge in [0, 0.05) is 17.8 Å². The van der Waals surface area contributed by atoms with Gasteiger partial charge in [-0.1, -0.05) is 19.1 Å². The molecule has 29 heavy (non-hydrogen) atoms. The molecule has 0 saturated heterocycles. The highest BCUT2D eigenvalue weighted by molar-refractivity contribution is 5.91. The number of carbonyl (C=O) groups excluding carboxylic acids is 1. The molecule has 152 valence electrons. The molecule has 1 heterocycles. The van der Waals surface area contributed by atoms with Crippen LogP contribution in [-0.2, 0) is 11.3 Å². The Kier molecular flexibility index (Phi) is 5.81. The number of amides is 1. The van der Waals surface area contributed by atoms with Gasteiger partial charge in [0.05, 0.1) is 18.0 Å². The van der Waals surface area contributed by atoms with Crippen molar-refractivity contribution >= 4 is 22.5 Å². The third kappa shape index (κ3) is 3.91. The van der Waals surface area contributed by atoms with Crippen LogP contribution in [0.25, 0.3) is 10.9 Å². The number of hydrogen-bond acceptors (Lipinski definition) is 4. The molecule has 0 spiro atoms. The molecular weight excluding hydrogens is 377 g/mol. The summed E-state index contributed by atoms with van der Waals surface area (Å²) in [5.74, 6) is -1.07. The van der Waals surface area contributed by atoms with Gasteiger partial charge in [0.15, 0.2) is 11.6 Å². The highest BCUT2D eigenvalue weighted by Crippen LogP contribution is 2.20. The highest BCUT2D eigenvalue weighted by atomic mass is 19.1. The van der Waals surface area contributed by atoms with E-state index in [2.05, 4.69) is 5.32 Å². The number of anilines is 1. The largest absolute Gasteiger partial charge is 0.494 e. The Hall–Kier alpha value is -3.42. The standard InChI is InChI=1S/C21H22FN3O4/c1-4-13(2)25-20(27)15-7-5-6-8-17(15)24(21(25)28)12-19(26)23-14-9-10-18(29-3)16(22)11-14/h5-11,13H,4,12H2,1-3H3,(H,23,26). The van der Waals surface area contributed by atoms with Crippen molar-refractivity contribution in [3.8, 4) is 5.75 Å². The van der Waals surface area contributed by atoms with Crippen LogP contribution in [0.3, 0.4) is 0 Å². The van der Waals surface area contributed by atoms with E-state index in [4.69, 9.17) is 4.74 Å². The number of nitrogens with zero attached hydrogens (tertiary/aromatic N) is 2. The Morgan fingerprint density at radius 2 is 1.93 bits per heavy atom. The number of rotatable bonds is 6. The fraction of sp³-hybridized carbons (Fsp3) is 0.286. The van der Waals surface area contributed by atoms with Crippen LogP contribution < -0.4 is 21.3 Å². The second-order valence-corrected chi connectivity index (χ2v) is 6.72. The summed E-state index contributed by atoms with van der Waals surface area (Å²) in [4.78, 5) is 38.3. The van der Waals surface area contributed by atoms with Crippen LogP contribution in [0.2, 0.25) is 0 Å². The van der Waals surface area contributed by atoms with E-state index in [9.17, 15) is 18.8 Å². The van der Waals surface area contributed by atoms with Crippen LogP contribution in [0, 0.1) is 5.82 Å². The molecule has 1 amide bonds. The van der Waals surface area contributed by atoms with Crippen molar-refractivity contribution in [2.75, 3.05) is 12.4 Å². The lowest BCUT2D eigenvalue weighted by Gasteiger charge is -2.17. The summed E-state index contributed by atoms with van der Waals surface area (Å²) in [5, 5.41) is 2.93. The summed E-state index contributed by atoms with van der Waals surface area (Å²) < 4.78 is 21.1. The maximum atomic E-state index is 13.9. The van der Waals surface area contributed by atoms with Gasteiger partial charge in [0.2, 0.25) is 5.91 Å². The van der Waals surface area contributed by atoms with Gasteiger partial charge in [-0.3, -0.25) is 18.7 Å². The van der Waals surface area contributed by atoms with E-state index in [0.29, 0.717) is 17.3 Å². The summed E-state index contributed by atoms with van der Waals surface area (Å²) in [7, 11) is 1.35. The molecule has 1 atom stereocenters. The first-order chi connectivity index (χ1) is 13.9. The smallest absolute Gasteiger partial charge is 0.332 e. The maximum Gasteiger partial charge on any atom is 0.332 e. The fourth-order valence-electron chi connectivity index (χ4n) is 3.15. The van der Waals surface area contributed by atoms with Gasteiger partial charge < -0.3 is 10.1 Å². The third-order valence-electron chi connectivity index (χ3n) is 4.85. The molecule has 3 aromatic rings. The number of nitrogens with one attached hydrogen (secondary N) is 1. The first-order valence-electron chi connectivity index (χ1n) is 9.24. The van der Waals surface area contributed by atoms with Crippen LogP contribution in [-0.4, -0.2) is 22.2 Å². The number of hydrogen-bond donors (Lipinski definition) is 1. The fourth-order valence-corrected chi connectivity index (χ4v) is 3.15. The van der Waals surface area contributed by atoms with Crippen molar-refractivity contribution < 1.29 is 13.9 Å². The first kappa shape index (κ1) is 20.3. The topological polar surface area (TPSA) is 82.3 Å². The number of para-hydroxylation sites is 1. The summed E-state index contributed by atoms with van der Waals surface area (Å²) >= 11 is 0. The third-order valence-corrected chi connectivity index (χ3v) is 4.85. The summed E-state index contributed by atoms with van der Waals surface area (Å²) in [6.45, 7) is 3.34. The number of fused-ring (bicyclic) bond motifs is 1. The molecule has 0 fully saturated rings. The molecule has 1 N–H and O–H groups in total. The van der Waals surface area contributed by atoms with Gasteiger partial charge in [-0.15, -0.1) is 0 Å². The Bertz CT molecular complexity index is 1180. The molecule has 3 rings (SSSR count). The number of aromatic nitrogens is 2. The number of carbonyl (C=O) groups is 1. The minimum Gasteiger partial charge on any atom is -0.494 e. The second kappa shape index (κ2) is 8.30. The van der Waals surface area contributed by atoms with Crippen molar-refractivity contribution in [1.29, 1.82) is 0 Å². The second-order valence-electron chi connectivity index (χ2n) is 6.72. The van der Waals surface area contributed by atoms with Gasteiger partial charge in [0.1, 0.15) is 6.54 Å². The van der Waals surface area contributed by atoms with Crippen LogP contribution in [0.15, 0.2) is 52.1 Å². The number of methoxy groups -OCH3 is 1. The van der Waals surface area contributed by atoms with Gasteiger partial charge in [-0.05, 0) is 37.6 Å². The number of benzene rings is 2. The van der Waals surface area contributed by atoms with Crippen LogP contribution in [0.1, 0.15) is 26.3 Å². The van der Waals surface area contributed by atoms with E-state index in [1.165, 1.54) is 28.4 Å². The van der Waals surface area contributed by atoms with Crippen LogP contribution in [0.5, 0.6) is 5.75 Å². The van der Waals surface area contributed by atoms with Gasteiger partial charge in [-0.25, -0.2) is 9.18 Å². The number of ether oxygens (including phenoxy) is 1. The van der Waals surface area contributed by atoms with Crippen molar-refractivity contribution in [3.05, 3.63) is 69.1 Å². The molecule has 0 radical (unpaired) electrons. The molecule has 1 aromatic heterocycles. The van der Waals surface area contributed by atoms with Crippen molar-refractivity contribution in [2.45, 2.75) is 32.9 Å². The SMILES string of the molecule is CCC(C)n1c(=O)c2ccccc2n(CC(=O)Nc2ccc(OC)c(F)c2)c1=O. The lowest BCUT2D eigenvalue weighted by Crippen LogP contribution is -2.43. The molecule has 0 aliphatic heterocycles. The Balaban J connectivity index is 2.01. The summed E-state index contributed by atoms with van der Waals surface area (Å²) in [6.07, 6.45) is 0.588. The molecule has 0 aliphatic rings. The molecule has 1 unspecified atom stereocenters. The Morgan fingerprint density at radius 3 is 2.59 bits per heavy atom. The zero-order valence-corrected chi connectivity index (χ0v) is 16.4. The van der Waals surface area contributed by atoms with Gasteiger partial charge >= 0.3 is 5.69 Å². The van der Waals surface area contributed by atoms with E-state index in [1.54, 1.807) is 31.2 Å². The lowest BCUT2D eigenvalue weighted by atomic mass is 10.2. The van der Waals surface area contributed by atoms with E-state index >= 15 is 0 Å². The van der Waals surface area contributed by atoms with Crippen molar-refractivity contribution in [1.82, 2.24) is 9.13 Å². The lowest BCUT2D eigenvalue weighted by molar-refractivity contribution is -0.116. The Labute approximate surface area is 166 Å². The highest BCUT2D eigenvalue weighted by Gasteiger charge is 2.18. The van der Waals surface area contributed by atoms with E-state index < -0.39 is 17.4 Å². The average Bonchev–Trinajstić information content (AvgIpc) is 2.71. The normalized spacial score (nSPS) is 12.0. The van der Waals surface area contributed by atoms with Crippen molar-refractivity contribution in [3.63, 3.8) is 0 Å². The minimum absolute atomic E-state index is 0.0610. The molecule has 0 bridgehead atoms. The maximum absolute atomic E-state index is 13.9. The number of halogens is 1. The molecule has 2 aromatic carbocycles. The van der Waals surface area contributed by atoms with Crippen molar-refractivity contribution in [2.24, 2.45) is 0 Å². The van der Waals surface area contributed by atoms with Gasteiger partial charge in [-0.2, -0.15) is 0 Å². The molecule has 0 saturated carbocycles. The predicted octanol–water partition coefficient (Wildman–Crippen LogP) is 2.92. The summed E-state index contributed by atoms with van der Waals surface area (Å²) in [5.41, 5.74) is -0.327. The predicted molar refractivity (Wildman–Crippen MR) is 109 cm³/mol. The van der Waals surface area contributed by atoms with E-state index in [1.807, 2.05) is 6.92 Å². The van der Waals surface area contributed by atoms with E-state index in [0.717, 1.165) is 6.07 Å². The van der Waals surface area contributed by atoms with Crippen LogP contribution in [0.4, 0.5) is 10.1 Å². The quantitative estimate of drug-likeness (QED) is 0.691. The first-order valence-corrected chi connectivity index (χ1v) is 9.24. The van der Waals surface area contributed by atoms with E-state index in [-0.39, 0.29) is 29.6 Å². The molecule has 0 aliphatic carbocycles. The zero-order valence-electron chi connectivity index (χ0n) is 16.4. The minimum atomic E-state index is -0.613. The molecule has 7 nitrogen and oxygen atoms in total. The van der Waals surface area contributed by atoms with Crippen LogP contribution >= 0.6 is 0 Å².